The van der Waals surface area contributed by atoms with Crippen molar-refractivity contribution in [2.45, 2.75) is 52.3 Å². The summed E-state index contributed by atoms with van der Waals surface area (Å²) in [7, 11) is 0. The van der Waals surface area contributed by atoms with Crippen LogP contribution in [0.1, 0.15) is 50.7 Å². The molecule has 1 aromatic heterocycles. The summed E-state index contributed by atoms with van der Waals surface area (Å²) in [5, 5.41) is 2.78. The Bertz CT molecular complexity index is 891. The standard InChI is InChI=1S/C21H26BrFN2O4/c1-6-28-18(26)17-8-7-11-25(17)13-21(5,24-19(27)29-20(2,3)4)15-12-14(22)9-10-16(15)23/h7-12H,6,13H2,1-5H3,(H,24,27). The lowest BCUT2D eigenvalue weighted by Gasteiger charge is -2.34. The first-order chi connectivity index (χ1) is 13.4. The molecule has 2 aromatic rings. The fourth-order valence-electron chi connectivity index (χ4n) is 2.92. The van der Waals surface area contributed by atoms with Crippen molar-refractivity contribution < 1.29 is 23.5 Å². The second-order valence-corrected chi connectivity index (χ2v) is 8.74. The number of benzene rings is 1. The van der Waals surface area contributed by atoms with Gasteiger partial charge in [0.05, 0.1) is 18.7 Å². The van der Waals surface area contributed by atoms with Gasteiger partial charge in [-0.3, -0.25) is 0 Å². The number of nitrogens with zero attached hydrogens (tertiary/aromatic N) is 1. The van der Waals surface area contributed by atoms with Crippen LogP contribution in [0.15, 0.2) is 41.0 Å². The molecule has 1 heterocycles. The molecule has 158 valence electrons. The van der Waals surface area contributed by atoms with Crippen LogP contribution in [0, 0.1) is 5.82 Å². The molecular formula is C21H26BrFN2O4. The van der Waals surface area contributed by atoms with Gasteiger partial charge in [0.15, 0.2) is 0 Å². The van der Waals surface area contributed by atoms with Crippen molar-refractivity contribution in [3.05, 3.63) is 58.1 Å². The highest BCUT2D eigenvalue weighted by atomic mass is 79.9. The van der Waals surface area contributed by atoms with E-state index in [9.17, 15) is 14.0 Å². The van der Waals surface area contributed by atoms with E-state index in [0.29, 0.717) is 10.2 Å². The number of carbonyl (C=O) groups excluding carboxylic acids is 2. The molecule has 1 amide bonds. The minimum Gasteiger partial charge on any atom is -0.461 e. The van der Waals surface area contributed by atoms with Crippen LogP contribution in [0.3, 0.4) is 0 Å². The summed E-state index contributed by atoms with van der Waals surface area (Å²) in [5.41, 5.74) is -1.37. The lowest BCUT2D eigenvalue weighted by molar-refractivity contribution is 0.0446. The fraction of sp³-hybridized carbons (Fsp3) is 0.429. The van der Waals surface area contributed by atoms with E-state index in [-0.39, 0.29) is 18.7 Å². The van der Waals surface area contributed by atoms with Crippen molar-refractivity contribution in [1.82, 2.24) is 9.88 Å². The van der Waals surface area contributed by atoms with Gasteiger partial charge in [-0.1, -0.05) is 15.9 Å². The van der Waals surface area contributed by atoms with Gasteiger partial charge in [-0.05, 0) is 65.0 Å². The molecule has 0 radical (unpaired) electrons. The maximum absolute atomic E-state index is 14.7. The number of rotatable bonds is 6. The number of alkyl carbamates (subject to hydrolysis) is 1. The van der Waals surface area contributed by atoms with Gasteiger partial charge in [0.1, 0.15) is 17.1 Å². The molecule has 0 spiro atoms. The van der Waals surface area contributed by atoms with Gasteiger partial charge in [-0.2, -0.15) is 0 Å². The van der Waals surface area contributed by atoms with Crippen LogP contribution in [0.25, 0.3) is 0 Å². The van der Waals surface area contributed by atoms with Gasteiger partial charge < -0.3 is 19.4 Å². The molecule has 0 saturated heterocycles. The van der Waals surface area contributed by atoms with Crippen molar-refractivity contribution in [3.63, 3.8) is 0 Å². The molecule has 1 aromatic carbocycles. The molecule has 0 aliphatic rings. The van der Waals surface area contributed by atoms with Crippen molar-refractivity contribution >= 4 is 28.0 Å². The first-order valence-electron chi connectivity index (χ1n) is 9.24. The fourth-order valence-corrected chi connectivity index (χ4v) is 3.29. The van der Waals surface area contributed by atoms with Gasteiger partial charge in [0.2, 0.25) is 0 Å². The minimum absolute atomic E-state index is 0.0841. The van der Waals surface area contributed by atoms with Gasteiger partial charge in [0, 0.05) is 16.2 Å². The minimum atomic E-state index is -1.21. The molecule has 2 rings (SSSR count). The molecule has 0 aliphatic carbocycles. The zero-order valence-electron chi connectivity index (χ0n) is 17.2. The van der Waals surface area contributed by atoms with E-state index in [1.807, 2.05) is 0 Å². The average Bonchev–Trinajstić information content (AvgIpc) is 3.03. The number of amides is 1. The molecule has 29 heavy (non-hydrogen) atoms. The lowest BCUT2D eigenvalue weighted by Crippen LogP contribution is -2.49. The maximum atomic E-state index is 14.7. The first-order valence-corrected chi connectivity index (χ1v) is 10.0. The number of hydrogen-bond donors (Lipinski definition) is 1. The largest absolute Gasteiger partial charge is 0.461 e. The van der Waals surface area contributed by atoms with Crippen LogP contribution in [-0.2, 0) is 21.6 Å². The zero-order chi connectivity index (χ0) is 21.8. The summed E-state index contributed by atoms with van der Waals surface area (Å²) in [5.74, 6) is -0.983. The van der Waals surface area contributed by atoms with Gasteiger partial charge in [-0.25, -0.2) is 14.0 Å². The van der Waals surface area contributed by atoms with Crippen LogP contribution in [-0.4, -0.2) is 28.8 Å². The third-order valence-electron chi connectivity index (χ3n) is 4.10. The highest BCUT2D eigenvalue weighted by Gasteiger charge is 2.35. The Morgan fingerprint density at radius 2 is 1.90 bits per heavy atom. The Balaban J connectivity index is 2.46. The molecule has 1 unspecified atom stereocenters. The van der Waals surface area contributed by atoms with E-state index >= 15 is 0 Å². The summed E-state index contributed by atoms with van der Waals surface area (Å²) in [6, 6.07) is 7.80. The van der Waals surface area contributed by atoms with Crippen LogP contribution >= 0.6 is 15.9 Å². The topological polar surface area (TPSA) is 69.6 Å². The lowest BCUT2D eigenvalue weighted by atomic mass is 9.91. The predicted octanol–water partition coefficient (Wildman–Crippen LogP) is 5.01. The zero-order valence-corrected chi connectivity index (χ0v) is 18.8. The molecule has 0 saturated carbocycles. The van der Waals surface area contributed by atoms with Gasteiger partial charge in [-0.15, -0.1) is 0 Å². The van der Waals surface area contributed by atoms with Crippen molar-refractivity contribution in [1.29, 1.82) is 0 Å². The smallest absolute Gasteiger partial charge is 0.408 e. The Morgan fingerprint density at radius 3 is 2.52 bits per heavy atom. The monoisotopic (exact) mass is 468 g/mol. The van der Waals surface area contributed by atoms with E-state index in [4.69, 9.17) is 9.47 Å². The van der Waals surface area contributed by atoms with E-state index in [0.717, 1.165) is 0 Å². The summed E-state index contributed by atoms with van der Waals surface area (Å²) in [4.78, 5) is 24.8. The SMILES string of the molecule is CCOC(=O)c1cccn1CC(C)(NC(=O)OC(C)(C)C)c1cc(Br)ccc1F. The molecule has 0 bridgehead atoms. The van der Waals surface area contributed by atoms with Crippen LogP contribution in [0.2, 0.25) is 0 Å². The summed E-state index contributed by atoms with van der Waals surface area (Å²) in [6.45, 7) is 8.95. The summed E-state index contributed by atoms with van der Waals surface area (Å²) in [6.07, 6.45) is 0.987. The average molecular weight is 469 g/mol. The first kappa shape index (κ1) is 22.9. The highest BCUT2D eigenvalue weighted by Crippen LogP contribution is 2.30. The highest BCUT2D eigenvalue weighted by molar-refractivity contribution is 9.10. The maximum Gasteiger partial charge on any atom is 0.408 e. The molecule has 0 aliphatic heterocycles. The number of nitrogens with one attached hydrogen (secondary N) is 1. The number of esters is 1. The number of carbonyl (C=O) groups is 2. The number of ether oxygens (including phenoxy) is 2. The van der Waals surface area contributed by atoms with Crippen LogP contribution in [0.5, 0.6) is 0 Å². The van der Waals surface area contributed by atoms with Crippen molar-refractivity contribution in [3.8, 4) is 0 Å². The third kappa shape index (κ3) is 6.06. The summed E-state index contributed by atoms with van der Waals surface area (Å²) >= 11 is 3.35. The Kier molecular flexibility index (Phi) is 7.11. The third-order valence-corrected chi connectivity index (χ3v) is 4.59. The molecule has 1 atom stereocenters. The van der Waals surface area contributed by atoms with Crippen LogP contribution < -0.4 is 5.32 Å². The number of aromatic nitrogens is 1. The second kappa shape index (κ2) is 8.98. The van der Waals surface area contributed by atoms with E-state index in [2.05, 4.69) is 21.2 Å². The van der Waals surface area contributed by atoms with E-state index in [1.165, 1.54) is 6.07 Å². The van der Waals surface area contributed by atoms with E-state index < -0.39 is 29.0 Å². The quantitative estimate of drug-likeness (QED) is 0.605. The molecular weight excluding hydrogens is 443 g/mol. The Labute approximate surface area is 178 Å². The van der Waals surface area contributed by atoms with Gasteiger partial charge in [0.25, 0.3) is 0 Å². The molecule has 6 nitrogen and oxygen atoms in total. The number of hydrogen-bond acceptors (Lipinski definition) is 4. The molecule has 1 N–H and O–H groups in total. The van der Waals surface area contributed by atoms with Gasteiger partial charge >= 0.3 is 12.1 Å². The summed E-state index contributed by atoms with van der Waals surface area (Å²) < 4.78 is 27.5. The normalized spacial score (nSPS) is 13.5. The van der Waals surface area contributed by atoms with Crippen LogP contribution in [0.4, 0.5) is 9.18 Å². The molecule has 0 fully saturated rings. The van der Waals surface area contributed by atoms with E-state index in [1.54, 1.807) is 69.6 Å². The Hall–Kier alpha value is -2.35. The van der Waals surface area contributed by atoms with Crippen molar-refractivity contribution in [2.24, 2.45) is 0 Å². The predicted molar refractivity (Wildman–Crippen MR) is 111 cm³/mol. The second-order valence-electron chi connectivity index (χ2n) is 7.82. The van der Waals surface area contributed by atoms with Crippen molar-refractivity contribution in [2.75, 3.05) is 6.61 Å². The Morgan fingerprint density at radius 1 is 1.21 bits per heavy atom. The number of halogens is 2. The molecule has 8 heteroatoms.